The fourth-order valence-corrected chi connectivity index (χ4v) is 2.73. The molecule has 2 rings (SSSR count). The van der Waals surface area contributed by atoms with E-state index in [9.17, 15) is 22.8 Å². The van der Waals surface area contributed by atoms with E-state index < -0.39 is 18.5 Å². The Labute approximate surface area is 139 Å². The van der Waals surface area contributed by atoms with Gasteiger partial charge in [0.25, 0.3) is 5.91 Å². The Bertz CT molecular complexity index is 576. The van der Waals surface area contributed by atoms with Crippen molar-refractivity contribution in [1.82, 2.24) is 9.80 Å². The van der Waals surface area contributed by atoms with Gasteiger partial charge in [0.05, 0.1) is 0 Å². The van der Waals surface area contributed by atoms with Crippen LogP contribution in [0.15, 0.2) is 24.3 Å². The van der Waals surface area contributed by atoms with E-state index in [4.69, 9.17) is 0 Å². The van der Waals surface area contributed by atoms with Gasteiger partial charge in [-0.05, 0) is 24.1 Å². The van der Waals surface area contributed by atoms with Gasteiger partial charge in [-0.25, -0.2) is 0 Å². The fraction of sp³-hybridized carbons (Fsp3) is 0.529. The minimum Gasteiger partial charge on any atom is -0.339 e. The van der Waals surface area contributed by atoms with Gasteiger partial charge in [-0.2, -0.15) is 13.2 Å². The third-order valence-corrected chi connectivity index (χ3v) is 4.01. The van der Waals surface area contributed by atoms with E-state index in [-0.39, 0.29) is 32.1 Å². The van der Waals surface area contributed by atoms with E-state index in [0.717, 1.165) is 18.4 Å². The molecule has 1 aliphatic rings. The number of piperazine rings is 1. The zero-order chi connectivity index (χ0) is 17.7. The molecule has 0 saturated carbocycles. The maximum absolute atomic E-state index is 12.4. The molecule has 132 valence electrons. The van der Waals surface area contributed by atoms with Crippen LogP contribution >= 0.6 is 0 Å². The molecule has 1 saturated heterocycles. The number of aryl methyl sites for hydroxylation is 1. The minimum atomic E-state index is -4.50. The Hall–Kier alpha value is -2.05. The van der Waals surface area contributed by atoms with Gasteiger partial charge in [-0.3, -0.25) is 9.59 Å². The standard InChI is InChI=1S/C17H21F3N2O2/c1-2-3-13-4-6-14(7-5-13)16(24)22-10-8-21(9-11-22)15(23)12-17(18,19)20/h4-7H,2-3,8-12H2,1H3. The van der Waals surface area contributed by atoms with Crippen molar-refractivity contribution < 1.29 is 22.8 Å². The van der Waals surface area contributed by atoms with Gasteiger partial charge in [0.2, 0.25) is 5.91 Å². The lowest BCUT2D eigenvalue weighted by atomic mass is 10.1. The van der Waals surface area contributed by atoms with E-state index in [2.05, 4.69) is 6.92 Å². The first-order valence-electron chi connectivity index (χ1n) is 8.03. The zero-order valence-corrected chi connectivity index (χ0v) is 13.6. The first-order valence-corrected chi connectivity index (χ1v) is 8.03. The molecule has 1 aromatic carbocycles. The lowest BCUT2D eigenvalue weighted by Gasteiger charge is -2.35. The van der Waals surface area contributed by atoms with E-state index >= 15 is 0 Å². The summed E-state index contributed by atoms with van der Waals surface area (Å²) in [5, 5.41) is 0. The molecule has 0 unspecified atom stereocenters. The number of hydrogen-bond acceptors (Lipinski definition) is 2. The van der Waals surface area contributed by atoms with Gasteiger partial charge in [0.1, 0.15) is 6.42 Å². The van der Waals surface area contributed by atoms with Gasteiger partial charge in [-0.15, -0.1) is 0 Å². The smallest absolute Gasteiger partial charge is 0.339 e. The average Bonchev–Trinajstić information content (AvgIpc) is 2.54. The van der Waals surface area contributed by atoms with Crippen LogP contribution < -0.4 is 0 Å². The highest BCUT2D eigenvalue weighted by Crippen LogP contribution is 2.21. The Morgan fingerprint density at radius 1 is 1.00 bits per heavy atom. The second-order valence-electron chi connectivity index (χ2n) is 5.91. The number of amides is 2. The Balaban J connectivity index is 1.89. The molecule has 1 heterocycles. The number of halogens is 3. The van der Waals surface area contributed by atoms with Crippen molar-refractivity contribution in [3.05, 3.63) is 35.4 Å². The molecule has 0 spiro atoms. The molecule has 0 radical (unpaired) electrons. The fourth-order valence-electron chi connectivity index (χ4n) is 2.73. The summed E-state index contributed by atoms with van der Waals surface area (Å²) in [5.41, 5.74) is 1.72. The molecular weight excluding hydrogens is 321 g/mol. The monoisotopic (exact) mass is 342 g/mol. The predicted molar refractivity (Wildman–Crippen MR) is 83.6 cm³/mol. The third-order valence-electron chi connectivity index (χ3n) is 4.01. The molecule has 0 bridgehead atoms. The Morgan fingerprint density at radius 3 is 2.04 bits per heavy atom. The zero-order valence-electron chi connectivity index (χ0n) is 13.6. The quantitative estimate of drug-likeness (QED) is 0.844. The highest BCUT2D eigenvalue weighted by atomic mass is 19.4. The highest BCUT2D eigenvalue weighted by molar-refractivity contribution is 5.94. The van der Waals surface area contributed by atoms with E-state index in [1.54, 1.807) is 17.0 Å². The van der Waals surface area contributed by atoms with Gasteiger partial charge < -0.3 is 9.80 Å². The molecule has 0 aromatic heterocycles. The maximum Gasteiger partial charge on any atom is 0.397 e. The number of carbonyl (C=O) groups excluding carboxylic acids is 2. The number of rotatable bonds is 4. The van der Waals surface area contributed by atoms with Crippen LogP contribution in [0.25, 0.3) is 0 Å². The molecule has 1 aromatic rings. The first kappa shape index (κ1) is 18.3. The summed E-state index contributed by atoms with van der Waals surface area (Å²) in [6.45, 7) is 2.85. The number of benzene rings is 1. The first-order chi connectivity index (χ1) is 11.3. The summed E-state index contributed by atoms with van der Waals surface area (Å²) in [6, 6.07) is 7.38. The molecule has 1 fully saturated rings. The highest BCUT2D eigenvalue weighted by Gasteiger charge is 2.34. The van der Waals surface area contributed by atoms with Crippen LogP contribution in [0.2, 0.25) is 0 Å². The summed E-state index contributed by atoms with van der Waals surface area (Å²) < 4.78 is 36.8. The SMILES string of the molecule is CCCc1ccc(C(=O)N2CCN(C(=O)CC(F)(F)F)CC2)cc1. The van der Waals surface area contributed by atoms with Crippen molar-refractivity contribution in [2.75, 3.05) is 26.2 Å². The largest absolute Gasteiger partial charge is 0.397 e. The Morgan fingerprint density at radius 2 is 1.54 bits per heavy atom. The van der Waals surface area contributed by atoms with Crippen LogP contribution in [0.4, 0.5) is 13.2 Å². The maximum atomic E-state index is 12.4. The van der Waals surface area contributed by atoms with E-state index in [1.807, 2.05) is 12.1 Å². The van der Waals surface area contributed by atoms with Gasteiger partial charge in [0, 0.05) is 31.7 Å². The Kier molecular flexibility index (Phi) is 5.85. The summed E-state index contributed by atoms with van der Waals surface area (Å²) in [4.78, 5) is 26.7. The van der Waals surface area contributed by atoms with Crippen LogP contribution in [-0.4, -0.2) is 54.0 Å². The molecule has 2 amide bonds. The van der Waals surface area contributed by atoms with E-state index in [1.165, 1.54) is 4.90 Å². The van der Waals surface area contributed by atoms with Crippen molar-refractivity contribution >= 4 is 11.8 Å². The van der Waals surface area contributed by atoms with Crippen LogP contribution in [0.1, 0.15) is 35.7 Å². The minimum absolute atomic E-state index is 0.134. The van der Waals surface area contributed by atoms with Crippen LogP contribution in [0.5, 0.6) is 0 Å². The van der Waals surface area contributed by atoms with Crippen molar-refractivity contribution in [2.45, 2.75) is 32.4 Å². The second kappa shape index (κ2) is 7.68. The van der Waals surface area contributed by atoms with Crippen molar-refractivity contribution in [3.63, 3.8) is 0 Å². The topological polar surface area (TPSA) is 40.6 Å². The summed E-state index contributed by atoms with van der Waals surface area (Å²) >= 11 is 0. The molecule has 24 heavy (non-hydrogen) atoms. The van der Waals surface area contributed by atoms with Gasteiger partial charge in [0.15, 0.2) is 0 Å². The molecule has 1 aliphatic heterocycles. The lowest BCUT2D eigenvalue weighted by molar-refractivity contribution is -0.162. The van der Waals surface area contributed by atoms with Crippen LogP contribution in [0, 0.1) is 0 Å². The molecular formula is C17H21F3N2O2. The summed E-state index contributed by atoms with van der Waals surface area (Å²) in [5.74, 6) is -1.08. The third kappa shape index (κ3) is 4.97. The number of carbonyl (C=O) groups is 2. The summed E-state index contributed by atoms with van der Waals surface area (Å²) in [7, 11) is 0. The number of alkyl halides is 3. The molecule has 7 heteroatoms. The van der Waals surface area contributed by atoms with E-state index in [0.29, 0.717) is 5.56 Å². The second-order valence-corrected chi connectivity index (χ2v) is 5.91. The molecule has 4 nitrogen and oxygen atoms in total. The van der Waals surface area contributed by atoms with Gasteiger partial charge >= 0.3 is 6.18 Å². The molecule has 0 atom stereocenters. The summed E-state index contributed by atoms with van der Waals surface area (Å²) in [6.07, 6.45) is -3.96. The number of hydrogen-bond donors (Lipinski definition) is 0. The van der Waals surface area contributed by atoms with Crippen LogP contribution in [-0.2, 0) is 11.2 Å². The van der Waals surface area contributed by atoms with Crippen molar-refractivity contribution in [1.29, 1.82) is 0 Å². The van der Waals surface area contributed by atoms with Crippen LogP contribution in [0.3, 0.4) is 0 Å². The average molecular weight is 342 g/mol. The predicted octanol–water partition coefficient (Wildman–Crippen LogP) is 2.88. The lowest BCUT2D eigenvalue weighted by Crippen LogP contribution is -2.51. The molecule has 0 aliphatic carbocycles. The number of nitrogens with zero attached hydrogens (tertiary/aromatic N) is 2. The van der Waals surface area contributed by atoms with Crippen molar-refractivity contribution in [2.24, 2.45) is 0 Å². The normalized spacial score (nSPS) is 15.5. The van der Waals surface area contributed by atoms with Gasteiger partial charge in [-0.1, -0.05) is 25.5 Å². The molecule has 0 N–H and O–H groups in total. The van der Waals surface area contributed by atoms with Crippen molar-refractivity contribution in [3.8, 4) is 0 Å².